The lowest BCUT2D eigenvalue weighted by molar-refractivity contribution is 0.152. The summed E-state index contributed by atoms with van der Waals surface area (Å²) in [5, 5.41) is 7.57. The lowest BCUT2D eigenvalue weighted by Gasteiger charge is -2.32. The molecule has 0 aromatic heterocycles. The van der Waals surface area contributed by atoms with Crippen LogP contribution in [-0.4, -0.2) is 61.3 Å². The van der Waals surface area contributed by atoms with Crippen molar-refractivity contribution in [2.45, 2.75) is 46.0 Å². The Hall–Kier alpha value is -0.560. The Morgan fingerprint density at radius 3 is 1.84 bits per heavy atom. The summed E-state index contributed by atoms with van der Waals surface area (Å²) < 4.78 is 0. The molecule has 0 aromatic rings. The first-order valence-electron chi connectivity index (χ1n) is 7.59. The highest BCUT2D eigenvalue weighted by Gasteiger charge is 2.12. The van der Waals surface area contributed by atoms with E-state index in [1.165, 1.54) is 64.8 Å². The summed E-state index contributed by atoms with van der Waals surface area (Å²) in [6.45, 7) is 10.6. The number of hydrogen-bond acceptors (Lipinski definition) is 3. The van der Waals surface area contributed by atoms with Crippen LogP contribution in [0.5, 0.6) is 0 Å². The van der Waals surface area contributed by atoms with Crippen molar-refractivity contribution < 1.29 is 5.11 Å². The zero-order valence-corrected chi connectivity index (χ0v) is 13.3. The Morgan fingerprint density at radius 2 is 1.37 bits per heavy atom. The normalized spacial score (nSPS) is 15.9. The number of aliphatic hydroxyl groups excluding tert-OH is 1. The molecule has 19 heavy (non-hydrogen) atoms. The van der Waals surface area contributed by atoms with Crippen LogP contribution >= 0.6 is 0 Å². The van der Waals surface area contributed by atoms with Gasteiger partial charge < -0.3 is 14.9 Å². The predicted octanol–water partition coefficient (Wildman–Crippen LogP) is 2.45. The lowest BCUT2D eigenvalue weighted by atomic mass is 10.1. The summed E-state index contributed by atoms with van der Waals surface area (Å²) in [5.41, 5.74) is 0. The first-order chi connectivity index (χ1) is 9.24. The molecule has 1 fully saturated rings. The molecule has 1 rings (SSSR count). The highest BCUT2D eigenvalue weighted by atomic mass is 16.2. The maximum Gasteiger partial charge on any atom is 0.0402 e. The van der Waals surface area contributed by atoms with E-state index in [2.05, 4.69) is 36.6 Å². The summed E-state index contributed by atoms with van der Waals surface area (Å²) >= 11 is 0. The smallest absolute Gasteiger partial charge is 0.0402 e. The standard InChI is InChI=1S/C12H26N2.C2H6O.C2H2/c1-3-4-5-6-7-8-14-11-9-13(2)10-12-14;1-2-3;1-2/h3-12H2,1-2H3;3H,2H2,1H3;1-2H. The molecule has 0 spiro atoms. The van der Waals surface area contributed by atoms with Gasteiger partial charge in [-0.25, -0.2) is 0 Å². The molecular weight excluding hydrogens is 236 g/mol. The minimum atomic E-state index is 0.250. The van der Waals surface area contributed by atoms with Gasteiger partial charge in [0.25, 0.3) is 0 Å². The second-order valence-electron chi connectivity index (χ2n) is 4.88. The average molecular weight is 270 g/mol. The van der Waals surface area contributed by atoms with Crippen LogP contribution in [0.25, 0.3) is 0 Å². The quantitative estimate of drug-likeness (QED) is 0.593. The van der Waals surface area contributed by atoms with Gasteiger partial charge in [-0.1, -0.05) is 32.6 Å². The monoisotopic (exact) mass is 270 g/mol. The van der Waals surface area contributed by atoms with Crippen molar-refractivity contribution in [2.75, 3.05) is 46.4 Å². The Labute approximate surface area is 121 Å². The van der Waals surface area contributed by atoms with Crippen molar-refractivity contribution in [1.29, 1.82) is 0 Å². The van der Waals surface area contributed by atoms with Gasteiger partial charge in [-0.05, 0) is 26.9 Å². The molecule has 1 heterocycles. The fourth-order valence-electron chi connectivity index (χ4n) is 2.01. The molecule has 1 saturated heterocycles. The number of unbranched alkanes of at least 4 members (excludes halogenated alkanes) is 4. The van der Waals surface area contributed by atoms with Crippen molar-refractivity contribution in [1.82, 2.24) is 9.80 Å². The van der Waals surface area contributed by atoms with Gasteiger partial charge in [-0.15, -0.1) is 12.8 Å². The third-order valence-corrected chi connectivity index (χ3v) is 3.17. The molecule has 0 atom stereocenters. The van der Waals surface area contributed by atoms with Crippen LogP contribution in [0, 0.1) is 12.8 Å². The summed E-state index contributed by atoms with van der Waals surface area (Å²) in [6, 6.07) is 0. The SMILES string of the molecule is C#C.CCCCCCCN1CCN(C)CC1.CCO. The molecule has 1 aliphatic heterocycles. The molecule has 114 valence electrons. The van der Waals surface area contributed by atoms with Gasteiger partial charge in [-0.2, -0.15) is 0 Å². The van der Waals surface area contributed by atoms with Crippen molar-refractivity contribution in [2.24, 2.45) is 0 Å². The van der Waals surface area contributed by atoms with Crippen LogP contribution in [0.15, 0.2) is 0 Å². The number of rotatable bonds is 6. The van der Waals surface area contributed by atoms with E-state index in [0.717, 1.165) is 0 Å². The minimum absolute atomic E-state index is 0.250. The molecule has 0 saturated carbocycles. The lowest BCUT2D eigenvalue weighted by Crippen LogP contribution is -2.44. The van der Waals surface area contributed by atoms with E-state index < -0.39 is 0 Å². The summed E-state index contributed by atoms with van der Waals surface area (Å²) in [4.78, 5) is 5.04. The highest BCUT2D eigenvalue weighted by molar-refractivity contribution is 4.68. The van der Waals surface area contributed by atoms with Gasteiger partial charge in [0, 0.05) is 32.8 Å². The van der Waals surface area contributed by atoms with Gasteiger partial charge in [0.05, 0.1) is 0 Å². The van der Waals surface area contributed by atoms with E-state index in [9.17, 15) is 0 Å². The van der Waals surface area contributed by atoms with Gasteiger partial charge in [-0.3, -0.25) is 0 Å². The molecule has 3 nitrogen and oxygen atoms in total. The van der Waals surface area contributed by atoms with Gasteiger partial charge >= 0.3 is 0 Å². The largest absolute Gasteiger partial charge is 0.397 e. The molecule has 0 unspecified atom stereocenters. The van der Waals surface area contributed by atoms with Gasteiger partial charge in [0.15, 0.2) is 0 Å². The summed E-state index contributed by atoms with van der Waals surface area (Å²) in [6.07, 6.45) is 15.0. The second kappa shape index (κ2) is 17.4. The van der Waals surface area contributed by atoms with Crippen LogP contribution in [0.2, 0.25) is 0 Å². The van der Waals surface area contributed by atoms with Gasteiger partial charge in [0.2, 0.25) is 0 Å². The molecule has 0 bridgehead atoms. The number of hydrogen-bond donors (Lipinski definition) is 1. The minimum Gasteiger partial charge on any atom is -0.397 e. The predicted molar refractivity (Wildman–Crippen MR) is 85.3 cm³/mol. The van der Waals surface area contributed by atoms with Crippen LogP contribution in [-0.2, 0) is 0 Å². The first kappa shape index (κ1) is 20.8. The van der Waals surface area contributed by atoms with E-state index in [0.29, 0.717) is 0 Å². The molecule has 0 radical (unpaired) electrons. The van der Waals surface area contributed by atoms with Crippen LogP contribution in [0.3, 0.4) is 0 Å². The fraction of sp³-hybridized carbons (Fsp3) is 0.875. The van der Waals surface area contributed by atoms with Crippen molar-refractivity contribution in [3.05, 3.63) is 0 Å². The molecule has 3 heteroatoms. The third-order valence-electron chi connectivity index (χ3n) is 3.17. The van der Waals surface area contributed by atoms with Gasteiger partial charge in [0.1, 0.15) is 0 Å². The van der Waals surface area contributed by atoms with Crippen LogP contribution in [0.4, 0.5) is 0 Å². The van der Waals surface area contributed by atoms with Crippen molar-refractivity contribution >= 4 is 0 Å². The molecule has 0 amide bonds. The maximum absolute atomic E-state index is 7.57. The number of likely N-dealkylation sites (N-methyl/N-ethyl adjacent to an activating group) is 1. The second-order valence-corrected chi connectivity index (χ2v) is 4.88. The van der Waals surface area contributed by atoms with E-state index >= 15 is 0 Å². The molecule has 1 N–H and O–H groups in total. The van der Waals surface area contributed by atoms with Crippen molar-refractivity contribution in [3.63, 3.8) is 0 Å². The molecule has 0 aromatic carbocycles. The maximum atomic E-state index is 7.57. The van der Waals surface area contributed by atoms with Crippen molar-refractivity contribution in [3.8, 4) is 12.8 Å². The molecule has 1 aliphatic rings. The van der Waals surface area contributed by atoms with Crippen LogP contribution in [0.1, 0.15) is 46.0 Å². The topological polar surface area (TPSA) is 26.7 Å². The number of aliphatic hydroxyl groups is 1. The first-order valence-corrected chi connectivity index (χ1v) is 7.59. The fourth-order valence-corrected chi connectivity index (χ4v) is 2.01. The average Bonchev–Trinajstić information content (AvgIpc) is 2.44. The van der Waals surface area contributed by atoms with E-state index in [4.69, 9.17) is 5.11 Å². The molecular formula is C16H34N2O. The summed E-state index contributed by atoms with van der Waals surface area (Å²) in [7, 11) is 2.22. The highest BCUT2D eigenvalue weighted by Crippen LogP contribution is 2.05. The Kier molecular flexibility index (Phi) is 19.0. The Balaban J connectivity index is 0. The number of nitrogens with zero attached hydrogens (tertiary/aromatic N) is 2. The van der Waals surface area contributed by atoms with E-state index in [1.807, 2.05) is 0 Å². The Bertz CT molecular complexity index is 175. The van der Waals surface area contributed by atoms with E-state index in [1.54, 1.807) is 6.92 Å². The number of piperazine rings is 1. The molecule has 0 aliphatic carbocycles. The number of terminal acetylenes is 1. The zero-order valence-electron chi connectivity index (χ0n) is 13.3. The summed E-state index contributed by atoms with van der Waals surface area (Å²) in [5.74, 6) is 0. The van der Waals surface area contributed by atoms with Crippen LogP contribution < -0.4 is 0 Å². The zero-order chi connectivity index (χ0) is 14.9. The third kappa shape index (κ3) is 15.4. The Morgan fingerprint density at radius 1 is 0.895 bits per heavy atom. The van der Waals surface area contributed by atoms with E-state index in [-0.39, 0.29) is 6.61 Å².